The van der Waals surface area contributed by atoms with E-state index in [9.17, 15) is 9.59 Å². The molecule has 1 aromatic carbocycles. The van der Waals surface area contributed by atoms with E-state index in [0.717, 1.165) is 38.9 Å². The third kappa shape index (κ3) is 9.84. The Bertz CT molecular complexity index is 890. The normalized spacial score (nSPS) is 12.1. The molecular weight excluding hydrogens is 440 g/mol. The zero-order valence-corrected chi connectivity index (χ0v) is 22.3. The van der Waals surface area contributed by atoms with Gasteiger partial charge in [0.15, 0.2) is 5.82 Å². The molecule has 35 heavy (non-hydrogen) atoms. The van der Waals surface area contributed by atoms with Crippen LogP contribution in [0.5, 0.6) is 0 Å². The molecule has 0 fully saturated rings. The van der Waals surface area contributed by atoms with Gasteiger partial charge < -0.3 is 19.6 Å². The van der Waals surface area contributed by atoms with Gasteiger partial charge in [0.05, 0.1) is 0 Å². The summed E-state index contributed by atoms with van der Waals surface area (Å²) in [7, 11) is 0. The fourth-order valence-electron chi connectivity index (χ4n) is 4.23. The average molecular weight is 485 g/mol. The van der Waals surface area contributed by atoms with Crippen LogP contribution >= 0.6 is 0 Å². The third-order valence-electron chi connectivity index (χ3n) is 6.51. The van der Waals surface area contributed by atoms with Crippen LogP contribution in [0.1, 0.15) is 87.9 Å². The van der Waals surface area contributed by atoms with Gasteiger partial charge in [0.25, 0.3) is 5.91 Å². The van der Waals surface area contributed by atoms with Gasteiger partial charge in [-0.3, -0.25) is 9.59 Å². The molecule has 194 valence electrons. The van der Waals surface area contributed by atoms with Crippen molar-refractivity contribution in [1.82, 2.24) is 15.0 Å². The molecule has 1 heterocycles. The number of carbonyl (C=O) groups is 2. The molecule has 7 nitrogen and oxygen atoms in total. The summed E-state index contributed by atoms with van der Waals surface area (Å²) in [5, 5.41) is 6.57. The standard InChI is InChI=1S/C28H44N4O3/c1-6-9-10-11-14-24-15-17-25(18-16-24)28(34)32(22(4)13-12-19-31(7-2)8-3)21-27(33)29-26-20-23(5)35-30-26/h15-18,20,22H,6-14,19,21H2,1-5H3,(H,29,30,33). The van der Waals surface area contributed by atoms with Gasteiger partial charge in [-0.2, -0.15) is 0 Å². The summed E-state index contributed by atoms with van der Waals surface area (Å²) >= 11 is 0. The lowest BCUT2D eigenvalue weighted by Crippen LogP contribution is -2.44. The number of hydrogen-bond acceptors (Lipinski definition) is 5. The van der Waals surface area contributed by atoms with Gasteiger partial charge in [0, 0.05) is 17.7 Å². The Labute approximate surface area is 211 Å². The Morgan fingerprint density at radius 2 is 1.74 bits per heavy atom. The molecular formula is C28H44N4O3. The van der Waals surface area contributed by atoms with Crippen molar-refractivity contribution >= 4 is 17.6 Å². The van der Waals surface area contributed by atoms with Crippen molar-refractivity contribution in [2.24, 2.45) is 0 Å². The average Bonchev–Trinajstić information content (AvgIpc) is 3.27. The van der Waals surface area contributed by atoms with E-state index >= 15 is 0 Å². The first-order valence-electron chi connectivity index (χ1n) is 13.2. The van der Waals surface area contributed by atoms with Crippen LogP contribution in [-0.2, 0) is 11.2 Å². The first kappa shape index (κ1) is 28.6. The van der Waals surface area contributed by atoms with Crippen LogP contribution in [0.3, 0.4) is 0 Å². The minimum atomic E-state index is -0.283. The summed E-state index contributed by atoms with van der Waals surface area (Å²) in [6, 6.07) is 9.47. The number of aromatic nitrogens is 1. The maximum atomic E-state index is 13.5. The number of anilines is 1. The largest absolute Gasteiger partial charge is 0.360 e. The third-order valence-corrected chi connectivity index (χ3v) is 6.51. The van der Waals surface area contributed by atoms with E-state index < -0.39 is 0 Å². The number of benzene rings is 1. The van der Waals surface area contributed by atoms with Crippen LogP contribution in [0.25, 0.3) is 0 Å². The van der Waals surface area contributed by atoms with Crippen molar-refractivity contribution in [2.45, 2.75) is 85.6 Å². The molecule has 1 unspecified atom stereocenters. The first-order chi connectivity index (χ1) is 16.9. The van der Waals surface area contributed by atoms with E-state index in [1.54, 1.807) is 17.9 Å². The van der Waals surface area contributed by atoms with Crippen LogP contribution in [0.2, 0.25) is 0 Å². The number of rotatable bonds is 16. The molecule has 7 heteroatoms. The van der Waals surface area contributed by atoms with Crippen molar-refractivity contribution in [1.29, 1.82) is 0 Å². The van der Waals surface area contributed by atoms with Gasteiger partial charge in [-0.1, -0.05) is 57.3 Å². The maximum Gasteiger partial charge on any atom is 0.254 e. The summed E-state index contributed by atoms with van der Waals surface area (Å²) in [4.78, 5) is 30.3. The highest BCUT2D eigenvalue weighted by atomic mass is 16.5. The van der Waals surface area contributed by atoms with Crippen LogP contribution in [0.15, 0.2) is 34.9 Å². The Morgan fingerprint density at radius 1 is 1.03 bits per heavy atom. The van der Waals surface area contributed by atoms with E-state index in [1.807, 2.05) is 31.2 Å². The molecule has 0 aliphatic rings. The van der Waals surface area contributed by atoms with E-state index in [2.05, 4.69) is 36.1 Å². The second-order valence-corrected chi connectivity index (χ2v) is 9.33. The van der Waals surface area contributed by atoms with Crippen molar-refractivity contribution in [3.8, 4) is 0 Å². The SMILES string of the molecule is CCCCCCc1ccc(C(=O)N(CC(=O)Nc2cc(C)on2)C(C)CCCN(CC)CC)cc1. The second kappa shape index (κ2) is 15.4. The molecule has 2 amide bonds. The van der Waals surface area contributed by atoms with E-state index in [0.29, 0.717) is 17.1 Å². The van der Waals surface area contributed by atoms with Crippen molar-refractivity contribution in [3.63, 3.8) is 0 Å². The highest BCUT2D eigenvalue weighted by molar-refractivity contribution is 5.99. The van der Waals surface area contributed by atoms with Crippen LogP contribution in [0, 0.1) is 6.92 Å². The number of carbonyl (C=O) groups excluding carboxylic acids is 2. The molecule has 2 rings (SSSR count). The molecule has 0 radical (unpaired) electrons. The topological polar surface area (TPSA) is 78.7 Å². The van der Waals surface area contributed by atoms with Gasteiger partial charge in [-0.15, -0.1) is 0 Å². The monoisotopic (exact) mass is 484 g/mol. The molecule has 2 aromatic rings. The van der Waals surface area contributed by atoms with Gasteiger partial charge >= 0.3 is 0 Å². The lowest BCUT2D eigenvalue weighted by molar-refractivity contribution is -0.117. The number of nitrogens with one attached hydrogen (secondary N) is 1. The highest BCUT2D eigenvalue weighted by Gasteiger charge is 2.24. The van der Waals surface area contributed by atoms with E-state index in [1.165, 1.54) is 31.2 Å². The zero-order chi connectivity index (χ0) is 25.6. The molecule has 0 bridgehead atoms. The predicted octanol–water partition coefficient (Wildman–Crippen LogP) is 5.70. The quantitative estimate of drug-likeness (QED) is 0.309. The van der Waals surface area contributed by atoms with Gasteiger partial charge in [-0.05, 0) is 76.9 Å². The molecule has 0 saturated carbocycles. The summed E-state index contributed by atoms with van der Waals surface area (Å²) in [6.45, 7) is 13.3. The van der Waals surface area contributed by atoms with Gasteiger partial charge in [0.2, 0.25) is 5.91 Å². The van der Waals surface area contributed by atoms with Gasteiger partial charge in [0.1, 0.15) is 12.3 Å². The lowest BCUT2D eigenvalue weighted by atomic mass is 10.0. The van der Waals surface area contributed by atoms with Crippen LogP contribution < -0.4 is 5.32 Å². The second-order valence-electron chi connectivity index (χ2n) is 9.33. The first-order valence-corrected chi connectivity index (χ1v) is 13.2. The molecule has 1 atom stereocenters. The van der Waals surface area contributed by atoms with E-state index in [4.69, 9.17) is 4.52 Å². The van der Waals surface area contributed by atoms with Crippen LogP contribution in [-0.4, -0.2) is 59.0 Å². The molecule has 1 aromatic heterocycles. The summed E-state index contributed by atoms with van der Waals surface area (Å²) < 4.78 is 5.03. The number of hydrogen-bond donors (Lipinski definition) is 1. The maximum absolute atomic E-state index is 13.5. The van der Waals surface area contributed by atoms with Crippen molar-refractivity contribution in [2.75, 3.05) is 31.5 Å². The van der Waals surface area contributed by atoms with Gasteiger partial charge in [-0.25, -0.2) is 0 Å². The zero-order valence-electron chi connectivity index (χ0n) is 22.3. The Morgan fingerprint density at radius 3 is 2.34 bits per heavy atom. The number of unbranched alkanes of at least 4 members (excludes halogenated alkanes) is 3. The fourth-order valence-corrected chi connectivity index (χ4v) is 4.23. The minimum absolute atomic E-state index is 0.0318. The molecule has 1 N–H and O–H groups in total. The Hall–Kier alpha value is -2.67. The predicted molar refractivity (Wildman–Crippen MR) is 142 cm³/mol. The molecule has 0 aliphatic carbocycles. The van der Waals surface area contributed by atoms with Crippen LogP contribution in [0.4, 0.5) is 5.82 Å². The van der Waals surface area contributed by atoms with Crippen molar-refractivity contribution < 1.29 is 14.1 Å². The molecule has 0 spiro atoms. The molecule has 0 saturated heterocycles. The number of amides is 2. The minimum Gasteiger partial charge on any atom is -0.360 e. The number of nitrogens with zero attached hydrogens (tertiary/aromatic N) is 3. The summed E-state index contributed by atoms with van der Waals surface area (Å²) in [5.74, 6) is 0.577. The molecule has 0 aliphatic heterocycles. The number of aryl methyl sites for hydroxylation is 2. The Balaban J connectivity index is 2.07. The lowest BCUT2D eigenvalue weighted by Gasteiger charge is -2.29. The van der Waals surface area contributed by atoms with Crippen molar-refractivity contribution in [3.05, 3.63) is 47.2 Å². The Kier molecular flexibility index (Phi) is 12.5. The summed E-state index contributed by atoms with van der Waals surface area (Å²) in [5.41, 5.74) is 1.86. The smallest absolute Gasteiger partial charge is 0.254 e. The van der Waals surface area contributed by atoms with E-state index in [-0.39, 0.29) is 24.4 Å². The highest BCUT2D eigenvalue weighted by Crippen LogP contribution is 2.16. The fraction of sp³-hybridized carbons (Fsp3) is 0.607. The summed E-state index contributed by atoms with van der Waals surface area (Å²) in [6.07, 6.45) is 7.70.